The molecule has 0 bridgehead atoms. The molecule has 1 aliphatic heterocycles. The van der Waals surface area contributed by atoms with Gasteiger partial charge in [0.05, 0.1) is 6.04 Å². The van der Waals surface area contributed by atoms with Gasteiger partial charge in [-0.25, -0.2) is 5.10 Å². The highest BCUT2D eigenvalue weighted by Gasteiger charge is 2.29. The second-order valence-corrected chi connectivity index (χ2v) is 5.66. The molecule has 1 unspecified atom stereocenters. The van der Waals surface area contributed by atoms with Crippen molar-refractivity contribution in [3.63, 3.8) is 0 Å². The predicted molar refractivity (Wildman–Crippen MR) is 82.4 cm³/mol. The molecule has 20 heavy (non-hydrogen) atoms. The van der Waals surface area contributed by atoms with Crippen molar-refractivity contribution in [2.45, 2.75) is 6.04 Å². The number of anilines is 1. The summed E-state index contributed by atoms with van der Waals surface area (Å²) in [5.74, 6) is 0.914. The lowest BCUT2D eigenvalue weighted by Crippen LogP contribution is -2.47. The van der Waals surface area contributed by atoms with E-state index in [1.165, 1.54) is 5.56 Å². The van der Waals surface area contributed by atoms with Crippen LogP contribution in [0.5, 0.6) is 0 Å². The van der Waals surface area contributed by atoms with Crippen molar-refractivity contribution in [2.24, 2.45) is 7.05 Å². The van der Waals surface area contributed by atoms with Crippen LogP contribution in [0.4, 0.5) is 5.95 Å². The minimum atomic E-state index is 0.304. The van der Waals surface area contributed by atoms with E-state index in [0.717, 1.165) is 25.6 Å². The molecule has 5 nitrogen and oxygen atoms in total. The van der Waals surface area contributed by atoms with Gasteiger partial charge in [0.2, 0.25) is 5.95 Å². The first-order valence-electron chi connectivity index (χ1n) is 6.78. The summed E-state index contributed by atoms with van der Waals surface area (Å²) in [4.78, 5) is 4.69. The number of rotatable bonds is 2. The average Bonchev–Trinajstić information content (AvgIpc) is 2.80. The lowest BCUT2D eigenvalue weighted by molar-refractivity contribution is 0.266. The second-order valence-electron chi connectivity index (χ2n) is 5.27. The molecule has 1 atom stereocenters. The number of H-pyrrole nitrogens is 1. The Kier molecular flexibility index (Phi) is 3.58. The number of aromatic nitrogens is 3. The van der Waals surface area contributed by atoms with Crippen molar-refractivity contribution in [1.82, 2.24) is 19.7 Å². The van der Waals surface area contributed by atoms with E-state index < -0.39 is 0 Å². The fourth-order valence-electron chi connectivity index (χ4n) is 2.71. The Hall–Kier alpha value is -1.66. The molecule has 1 aromatic heterocycles. The lowest BCUT2D eigenvalue weighted by Gasteiger charge is -2.40. The predicted octanol–water partition coefficient (Wildman–Crippen LogP) is 1.97. The molecule has 3 rings (SSSR count). The highest BCUT2D eigenvalue weighted by molar-refractivity contribution is 7.71. The molecule has 0 saturated carbocycles. The minimum absolute atomic E-state index is 0.304. The monoisotopic (exact) mass is 289 g/mol. The Morgan fingerprint density at radius 3 is 2.60 bits per heavy atom. The van der Waals surface area contributed by atoms with E-state index in [9.17, 15) is 0 Å². The average molecular weight is 289 g/mol. The normalized spacial score (nSPS) is 20.3. The molecule has 0 radical (unpaired) electrons. The number of benzene rings is 1. The molecular weight excluding hydrogens is 270 g/mol. The minimum Gasteiger partial charge on any atom is -0.331 e. The first-order valence-corrected chi connectivity index (χ1v) is 7.19. The van der Waals surface area contributed by atoms with Crippen LogP contribution >= 0.6 is 12.2 Å². The van der Waals surface area contributed by atoms with Gasteiger partial charge in [0, 0.05) is 26.7 Å². The Bertz CT molecular complexity index is 633. The molecule has 0 aliphatic carbocycles. The summed E-state index contributed by atoms with van der Waals surface area (Å²) in [6.07, 6.45) is 0. The Labute approximate surface area is 123 Å². The van der Waals surface area contributed by atoms with Crippen LogP contribution in [0.25, 0.3) is 0 Å². The van der Waals surface area contributed by atoms with Crippen LogP contribution in [0.15, 0.2) is 30.3 Å². The Balaban J connectivity index is 1.99. The molecule has 6 heteroatoms. The number of hydrogen-bond acceptors (Lipinski definition) is 4. The van der Waals surface area contributed by atoms with Gasteiger partial charge in [0.1, 0.15) is 0 Å². The first-order chi connectivity index (χ1) is 9.66. The van der Waals surface area contributed by atoms with E-state index >= 15 is 0 Å². The van der Waals surface area contributed by atoms with Crippen molar-refractivity contribution in [3.05, 3.63) is 40.7 Å². The largest absolute Gasteiger partial charge is 0.331 e. The van der Waals surface area contributed by atoms with Crippen LogP contribution in [0.1, 0.15) is 11.6 Å². The summed E-state index contributed by atoms with van der Waals surface area (Å²) in [7, 11) is 4.12. The fraction of sp³-hybridized carbons (Fsp3) is 0.429. The number of aromatic amines is 1. The van der Waals surface area contributed by atoms with E-state index in [-0.39, 0.29) is 0 Å². The van der Waals surface area contributed by atoms with Crippen molar-refractivity contribution < 1.29 is 0 Å². The maximum absolute atomic E-state index is 5.23. The smallest absolute Gasteiger partial charge is 0.226 e. The molecule has 2 aromatic rings. The molecule has 1 fully saturated rings. The highest BCUT2D eigenvalue weighted by Crippen LogP contribution is 2.28. The first kappa shape index (κ1) is 13.3. The van der Waals surface area contributed by atoms with E-state index in [1.807, 2.05) is 11.6 Å². The van der Waals surface area contributed by atoms with E-state index in [0.29, 0.717) is 10.8 Å². The van der Waals surface area contributed by atoms with E-state index in [4.69, 9.17) is 12.2 Å². The molecule has 1 N–H and O–H groups in total. The van der Waals surface area contributed by atoms with Crippen LogP contribution < -0.4 is 4.90 Å². The van der Waals surface area contributed by atoms with Gasteiger partial charge in [-0.3, -0.25) is 4.57 Å². The van der Waals surface area contributed by atoms with Crippen LogP contribution in [-0.2, 0) is 7.05 Å². The van der Waals surface area contributed by atoms with E-state index in [1.54, 1.807) is 0 Å². The number of hydrogen-bond donors (Lipinski definition) is 1. The number of piperazine rings is 1. The zero-order chi connectivity index (χ0) is 14.1. The standard InChI is InChI=1S/C14H19N5S/c1-17-8-9-19(13-15-16-14(20)18(13)2)12(10-17)11-6-4-3-5-7-11/h3-7,12H,8-10H2,1-2H3,(H,16,20). The highest BCUT2D eigenvalue weighted by atomic mass is 32.1. The third-order valence-electron chi connectivity index (χ3n) is 3.88. The lowest BCUT2D eigenvalue weighted by atomic mass is 10.0. The van der Waals surface area contributed by atoms with E-state index in [2.05, 4.69) is 57.4 Å². The van der Waals surface area contributed by atoms with Gasteiger partial charge in [-0.2, -0.15) is 0 Å². The summed E-state index contributed by atoms with van der Waals surface area (Å²) in [5.41, 5.74) is 1.31. The molecule has 1 aliphatic rings. The van der Waals surface area contributed by atoms with Gasteiger partial charge in [-0.05, 0) is 24.8 Å². The molecule has 1 aromatic carbocycles. The zero-order valence-electron chi connectivity index (χ0n) is 11.8. The summed E-state index contributed by atoms with van der Waals surface area (Å²) >= 11 is 5.23. The van der Waals surface area contributed by atoms with Gasteiger partial charge >= 0.3 is 0 Å². The Morgan fingerprint density at radius 1 is 1.20 bits per heavy atom. The SMILES string of the molecule is CN1CCN(c2n[nH]c(=S)n2C)C(c2ccccc2)C1. The molecule has 1 saturated heterocycles. The summed E-state index contributed by atoms with van der Waals surface area (Å²) in [5, 5.41) is 7.27. The van der Waals surface area contributed by atoms with Crippen molar-refractivity contribution in [1.29, 1.82) is 0 Å². The Morgan fingerprint density at radius 2 is 1.95 bits per heavy atom. The number of nitrogens with zero attached hydrogens (tertiary/aromatic N) is 4. The van der Waals surface area contributed by atoms with Gasteiger partial charge < -0.3 is 9.80 Å². The van der Waals surface area contributed by atoms with Crippen LogP contribution in [-0.4, -0.2) is 46.3 Å². The van der Waals surface area contributed by atoms with Crippen LogP contribution in [0.3, 0.4) is 0 Å². The van der Waals surface area contributed by atoms with Gasteiger partial charge in [-0.1, -0.05) is 30.3 Å². The van der Waals surface area contributed by atoms with Gasteiger partial charge in [0.15, 0.2) is 4.77 Å². The van der Waals surface area contributed by atoms with Gasteiger partial charge in [0.25, 0.3) is 0 Å². The zero-order valence-corrected chi connectivity index (χ0v) is 12.6. The maximum atomic E-state index is 5.23. The van der Waals surface area contributed by atoms with Crippen molar-refractivity contribution in [2.75, 3.05) is 31.6 Å². The molecular formula is C14H19N5S. The summed E-state index contributed by atoms with van der Waals surface area (Å²) in [6.45, 7) is 2.97. The van der Waals surface area contributed by atoms with Gasteiger partial charge in [-0.15, -0.1) is 5.10 Å². The topological polar surface area (TPSA) is 40.1 Å². The molecule has 106 valence electrons. The molecule has 0 spiro atoms. The van der Waals surface area contributed by atoms with Crippen LogP contribution in [0.2, 0.25) is 0 Å². The molecule has 2 heterocycles. The van der Waals surface area contributed by atoms with Crippen molar-refractivity contribution in [3.8, 4) is 0 Å². The fourth-order valence-corrected chi connectivity index (χ4v) is 2.84. The van der Waals surface area contributed by atoms with Crippen molar-refractivity contribution >= 4 is 18.2 Å². The summed E-state index contributed by atoms with van der Waals surface area (Å²) < 4.78 is 2.60. The maximum Gasteiger partial charge on any atom is 0.226 e. The molecule has 0 amide bonds. The van der Waals surface area contributed by atoms with Crippen LogP contribution in [0, 0.1) is 4.77 Å². The summed E-state index contributed by atoms with van der Waals surface area (Å²) in [6, 6.07) is 10.9. The third-order valence-corrected chi connectivity index (χ3v) is 4.25. The number of nitrogens with one attached hydrogen (secondary N) is 1. The number of likely N-dealkylation sites (N-methyl/N-ethyl adjacent to an activating group) is 1. The third kappa shape index (κ3) is 2.36. The quantitative estimate of drug-likeness (QED) is 0.858. The second kappa shape index (κ2) is 5.38.